The molecule has 0 unspecified atom stereocenters. The highest BCUT2D eigenvalue weighted by atomic mass is 16.5. The number of carbonyl (C=O) groups is 2. The minimum absolute atomic E-state index is 0.0128. The number of methoxy groups -OCH3 is 1. The number of ether oxygens (including phenoxy) is 1. The fourth-order valence-corrected chi connectivity index (χ4v) is 1.38. The largest absolute Gasteiger partial charge is 0.375 e. The number of hydrogen-bond acceptors (Lipinski definition) is 3. The third-order valence-corrected chi connectivity index (χ3v) is 2.51. The van der Waals surface area contributed by atoms with Gasteiger partial charge in [0.2, 0.25) is 11.8 Å². The van der Waals surface area contributed by atoms with E-state index >= 15 is 0 Å². The van der Waals surface area contributed by atoms with Gasteiger partial charge in [-0.25, -0.2) is 0 Å². The van der Waals surface area contributed by atoms with Gasteiger partial charge in [-0.3, -0.25) is 9.59 Å². The highest BCUT2D eigenvalue weighted by Gasteiger charge is 2.06. The summed E-state index contributed by atoms with van der Waals surface area (Å²) in [7, 11) is 1.48. The maximum absolute atomic E-state index is 11.5. The minimum Gasteiger partial charge on any atom is -0.375 e. The summed E-state index contributed by atoms with van der Waals surface area (Å²) in [5.74, 6) is -0.214. The van der Waals surface area contributed by atoms with Crippen molar-refractivity contribution in [3.8, 4) is 0 Å². The minimum atomic E-state index is -0.153. The Morgan fingerprint density at radius 2 is 1.84 bits per heavy atom. The van der Waals surface area contributed by atoms with Crippen LogP contribution in [0.1, 0.15) is 19.4 Å². The second-order valence-electron chi connectivity index (χ2n) is 4.55. The molecular weight excluding hydrogens is 244 g/mol. The van der Waals surface area contributed by atoms with Crippen molar-refractivity contribution >= 4 is 17.5 Å². The molecule has 1 aromatic rings. The SMILES string of the molecule is COCC(=O)NCc1ccc(NC(=O)C(C)C)cc1. The first-order valence-electron chi connectivity index (χ1n) is 6.18. The van der Waals surface area contributed by atoms with Gasteiger partial charge < -0.3 is 15.4 Å². The standard InChI is InChI=1S/C14H20N2O3/c1-10(2)14(18)16-12-6-4-11(5-7-12)8-15-13(17)9-19-3/h4-7,10H,8-9H2,1-3H3,(H,15,17)(H,16,18). The summed E-state index contributed by atoms with van der Waals surface area (Å²) in [6, 6.07) is 7.36. The molecule has 0 spiro atoms. The molecule has 0 saturated heterocycles. The van der Waals surface area contributed by atoms with E-state index < -0.39 is 0 Å². The highest BCUT2D eigenvalue weighted by Crippen LogP contribution is 2.10. The number of rotatable bonds is 6. The van der Waals surface area contributed by atoms with Crippen LogP contribution >= 0.6 is 0 Å². The van der Waals surface area contributed by atoms with Gasteiger partial charge in [0.1, 0.15) is 6.61 Å². The van der Waals surface area contributed by atoms with Gasteiger partial charge in [0, 0.05) is 25.3 Å². The lowest BCUT2D eigenvalue weighted by Gasteiger charge is -2.09. The number of amides is 2. The second-order valence-corrected chi connectivity index (χ2v) is 4.55. The van der Waals surface area contributed by atoms with Gasteiger partial charge in [0.05, 0.1) is 0 Å². The summed E-state index contributed by atoms with van der Waals surface area (Å²) in [6.45, 7) is 4.19. The van der Waals surface area contributed by atoms with Gasteiger partial charge in [0.15, 0.2) is 0 Å². The number of anilines is 1. The molecule has 1 aromatic carbocycles. The normalized spacial score (nSPS) is 10.3. The number of carbonyl (C=O) groups excluding carboxylic acids is 2. The van der Waals surface area contributed by atoms with Gasteiger partial charge in [-0.05, 0) is 17.7 Å². The van der Waals surface area contributed by atoms with Gasteiger partial charge in [0.25, 0.3) is 0 Å². The lowest BCUT2D eigenvalue weighted by molar-refractivity contribution is -0.124. The Labute approximate surface area is 113 Å². The van der Waals surface area contributed by atoms with E-state index in [1.807, 2.05) is 38.1 Å². The average Bonchev–Trinajstić information content (AvgIpc) is 2.38. The third-order valence-electron chi connectivity index (χ3n) is 2.51. The van der Waals surface area contributed by atoms with Crippen molar-refractivity contribution in [2.45, 2.75) is 20.4 Å². The molecule has 0 heterocycles. The van der Waals surface area contributed by atoms with Crippen LogP contribution in [0.3, 0.4) is 0 Å². The Kier molecular flexibility index (Phi) is 6.02. The van der Waals surface area contributed by atoms with Gasteiger partial charge in [-0.15, -0.1) is 0 Å². The van der Waals surface area contributed by atoms with Crippen molar-refractivity contribution in [1.82, 2.24) is 5.32 Å². The van der Waals surface area contributed by atoms with Crippen molar-refractivity contribution in [2.75, 3.05) is 19.0 Å². The topological polar surface area (TPSA) is 67.4 Å². The molecule has 0 saturated carbocycles. The monoisotopic (exact) mass is 264 g/mol. The Hall–Kier alpha value is -1.88. The highest BCUT2D eigenvalue weighted by molar-refractivity contribution is 5.92. The van der Waals surface area contributed by atoms with Crippen molar-refractivity contribution in [2.24, 2.45) is 5.92 Å². The molecule has 0 aliphatic carbocycles. The fourth-order valence-electron chi connectivity index (χ4n) is 1.38. The zero-order chi connectivity index (χ0) is 14.3. The molecule has 0 fully saturated rings. The van der Waals surface area contributed by atoms with Crippen LogP contribution < -0.4 is 10.6 Å². The fraction of sp³-hybridized carbons (Fsp3) is 0.429. The molecule has 0 bridgehead atoms. The van der Waals surface area contributed by atoms with Crippen molar-refractivity contribution in [3.63, 3.8) is 0 Å². The Morgan fingerprint density at radius 1 is 1.21 bits per heavy atom. The molecule has 104 valence electrons. The number of nitrogens with one attached hydrogen (secondary N) is 2. The van der Waals surface area contributed by atoms with E-state index in [2.05, 4.69) is 10.6 Å². The predicted octanol–water partition coefficient (Wildman–Crippen LogP) is 1.54. The first kappa shape index (κ1) is 15.2. The van der Waals surface area contributed by atoms with Crippen LogP contribution in [-0.4, -0.2) is 25.5 Å². The summed E-state index contributed by atoms with van der Waals surface area (Å²) >= 11 is 0. The molecule has 0 aromatic heterocycles. The van der Waals surface area contributed by atoms with Crippen LogP contribution in [0.15, 0.2) is 24.3 Å². The van der Waals surface area contributed by atoms with Crippen LogP contribution in [0.5, 0.6) is 0 Å². The average molecular weight is 264 g/mol. The summed E-state index contributed by atoms with van der Waals surface area (Å²) < 4.78 is 4.72. The molecule has 5 heteroatoms. The van der Waals surface area contributed by atoms with Gasteiger partial charge in [-0.1, -0.05) is 26.0 Å². The van der Waals surface area contributed by atoms with Crippen LogP contribution in [0, 0.1) is 5.92 Å². The zero-order valence-corrected chi connectivity index (χ0v) is 11.5. The molecule has 5 nitrogen and oxygen atoms in total. The summed E-state index contributed by atoms with van der Waals surface area (Å²) in [6.07, 6.45) is 0. The van der Waals surface area contributed by atoms with E-state index in [9.17, 15) is 9.59 Å². The van der Waals surface area contributed by atoms with Crippen molar-refractivity contribution in [3.05, 3.63) is 29.8 Å². The summed E-state index contributed by atoms with van der Waals surface area (Å²) in [5, 5.41) is 5.53. The molecular formula is C14H20N2O3. The first-order chi connectivity index (χ1) is 9.02. The molecule has 2 N–H and O–H groups in total. The van der Waals surface area contributed by atoms with Crippen LogP contribution in [0.2, 0.25) is 0 Å². The van der Waals surface area contributed by atoms with Gasteiger partial charge >= 0.3 is 0 Å². The van der Waals surface area contributed by atoms with Crippen molar-refractivity contribution in [1.29, 1.82) is 0 Å². The maximum atomic E-state index is 11.5. The van der Waals surface area contributed by atoms with Crippen LogP contribution in [0.4, 0.5) is 5.69 Å². The molecule has 2 amide bonds. The lowest BCUT2D eigenvalue weighted by atomic mass is 10.1. The van der Waals surface area contributed by atoms with E-state index in [0.717, 1.165) is 11.3 Å². The van der Waals surface area contributed by atoms with E-state index in [1.165, 1.54) is 7.11 Å². The van der Waals surface area contributed by atoms with E-state index in [4.69, 9.17) is 4.74 Å². The van der Waals surface area contributed by atoms with E-state index in [1.54, 1.807) is 0 Å². The third kappa shape index (κ3) is 5.52. The molecule has 0 atom stereocenters. The van der Waals surface area contributed by atoms with Crippen LogP contribution in [0.25, 0.3) is 0 Å². The molecule has 19 heavy (non-hydrogen) atoms. The predicted molar refractivity (Wildman–Crippen MR) is 73.6 cm³/mol. The molecule has 0 aliphatic rings. The quantitative estimate of drug-likeness (QED) is 0.819. The second kappa shape index (κ2) is 7.53. The first-order valence-corrected chi connectivity index (χ1v) is 6.18. The summed E-state index contributed by atoms with van der Waals surface area (Å²) in [5.41, 5.74) is 1.72. The Bertz CT molecular complexity index is 427. The molecule has 0 aliphatic heterocycles. The Morgan fingerprint density at radius 3 is 2.37 bits per heavy atom. The molecule has 0 radical (unpaired) electrons. The van der Waals surface area contributed by atoms with Gasteiger partial charge in [-0.2, -0.15) is 0 Å². The van der Waals surface area contributed by atoms with E-state index in [-0.39, 0.29) is 24.3 Å². The Balaban J connectivity index is 2.47. The smallest absolute Gasteiger partial charge is 0.246 e. The van der Waals surface area contributed by atoms with E-state index in [0.29, 0.717) is 6.54 Å². The molecule has 1 rings (SSSR count). The maximum Gasteiger partial charge on any atom is 0.246 e. The number of hydrogen-bond donors (Lipinski definition) is 2. The lowest BCUT2D eigenvalue weighted by Crippen LogP contribution is -2.26. The van der Waals surface area contributed by atoms with Crippen LogP contribution in [-0.2, 0) is 20.9 Å². The zero-order valence-electron chi connectivity index (χ0n) is 11.5. The van der Waals surface area contributed by atoms with Crippen molar-refractivity contribution < 1.29 is 14.3 Å². The summed E-state index contributed by atoms with van der Waals surface area (Å²) in [4.78, 5) is 22.7. The number of benzene rings is 1.